The van der Waals surface area contributed by atoms with E-state index in [1.54, 1.807) is 0 Å². The maximum Gasteiger partial charge on any atom is 0.304 e. The van der Waals surface area contributed by atoms with Gasteiger partial charge in [0.15, 0.2) is 0 Å². The highest BCUT2D eigenvalue weighted by atomic mass is 19.1. The van der Waals surface area contributed by atoms with Crippen molar-refractivity contribution < 1.29 is 14.3 Å². The molecule has 0 amide bonds. The van der Waals surface area contributed by atoms with E-state index in [9.17, 15) is 9.18 Å². The van der Waals surface area contributed by atoms with Crippen LogP contribution in [-0.2, 0) is 11.3 Å². The molecule has 0 bridgehead atoms. The van der Waals surface area contributed by atoms with Crippen LogP contribution in [-0.4, -0.2) is 17.6 Å². The SMILES string of the molecule is N#Cc1ccc(CNCCC(=O)O)c(F)c1. The minimum Gasteiger partial charge on any atom is -0.481 e. The van der Waals surface area contributed by atoms with Gasteiger partial charge in [-0.05, 0) is 12.1 Å². The maximum atomic E-state index is 13.3. The Morgan fingerprint density at radius 3 is 2.88 bits per heavy atom. The van der Waals surface area contributed by atoms with E-state index in [0.717, 1.165) is 6.07 Å². The molecule has 0 heterocycles. The number of carboxylic acids is 1. The van der Waals surface area contributed by atoms with Gasteiger partial charge < -0.3 is 10.4 Å². The molecule has 0 aromatic heterocycles. The fraction of sp³-hybridized carbons (Fsp3) is 0.273. The molecule has 84 valence electrons. The van der Waals surface area contributed by atoms with E-state index >= 15 is 0 Å². The number of aliphatic carboxylic acids is 1. The average molecular weight is 222 g/mol. The number of rotatable bonds is 5. The minimum absolute atomic E-state index is 0.00209. The van der Waals surface area contributed by atoms with Gasteiger partial charge in [-0.25, -0.2) is 4.39 Å². The monoisotopic (exact) mass is 222 g/mol. The van der Waals surface area contributed by atoms with Crippen molar-refractivity contribution in [3.8, 4) is 6.07 Å². The lowest BCUT2D eigenvalue weighted by Gasteiger charge is -2.04. The van der Waals surface area contributed by atoms with Crippen molar-refractivity contribution in [2.75, 3.05) is 6.54 Å². The Kier molecular flexibility index (Phi) is 4.42. The molecule has 0 saturated heterocycles. The Hall–Kier alpha value is -1.93. The number of halogens is 1. The van der Waals surface area contributed by atoms with E-state index in [4.69, 9.17) is 10.4 Å². The molecule has 0 spiro atoms. The van der Waals surface area contributed by atoms with Crippen LogP contribution in [0.1, 0.15) is 17.5 Å². The lowest BCUT2D eigenvalue weighted by atomic mass is 10.1. The van der Waals surface area contributed by atoms with Crippen molar-refractivity contribution in [3.05, 3.63) is 35.1 Å². The number of hydrogen-bond donors (Lipinski definition) is 2. The van der Waals surface area contributed by atoms with Gasteiger partial charge in [-0.15, -0.1) is 0 Å². The lowest BCUT2D eigenvalue weighted by Crippen LogP contribution is -2.18. The maximum absolute atomic E-state index is 13.3. The molecular formula is C11H11FN2O2. The summed E-state index contributed by atoms with van der Waals surface area (Å²) in [6.45, 7) is 0.541. The van der Waals surface area contributed by atoms with Gasteiger partial charge in [0.2, 0.25) is 0 Å². The fourth-order valence-corrected chi connectivity index (χ4v) is 1.18. The van der Waals surface area contributed by atoms with Gasteiger partial charge in [-0.2, -0.15) is 5.26 Å². The summed E-state index contributed by atoms with van der Waals surface area (Å²) in [7, 11) is 0. The predicted molar refractivity (Wildman–Crippen MR) is 55.1 cm³/mol. The first-order valence-corrected chi connectivity index (χ1v) is 4.74. The first-order chi connectivity index (χ1) is 7.63. The molecule has 0 fully saturated rings. The summed E-state index contributed by atoms with van der Waals surface area (Å²) in [4.78, 5) is 10.2. The Balaban J connectivity index is 2.49. The number of carboxylic acid groups (broad SMARTS) is 1. The van der Waals surface area contributed by atoms with Crippen LogP contribution < -0.4 is 5.32 Å². The van der Waals surface area contributed by atoms with Gasteiger partial charge in [0, 0.05) is 18.7 Å². The molecule has 16 heavy (non-hydrogen) atoms. The molecule has 1 aromatic rings. The molecule has 5 heteroatoms. The van der Waals surface area contributed by atoms with Crippen molar-refractivity contribution in [3.63, 3.8) is 0 Å². The lowest BCUT2D eigenvalue weighted by molar-refractivity contribution is -0.136. The average Bonchev–Trinajstić information content (AvgIpc) is 2.25. The number of nitrogens with zero attached hydrogens (tertiary/aromatic N) is 1. The van der Waals surface area contributed by atoms with Gasteiger partial charge in [0.25, 0.3) is 0 Å². The fourth-order valence-electron chi connectivity index (χ4n) is 1.18. The van der Waals surface area contributed by atoms with Crippen LogP contribution in [0.15, 0.2) is 18.2 Å². The molecule has 0 atom stereocenters. The van der Waals surface area contributed by atoms with Crippen molar-refractivity contribution >= 4 is 5.97 Å². The van der Waals surface area contributed by atoms with Gasteiger partial charge in [-0.1, -0.05) is 6.07 Å². The molecule has 4 nitrogen and oxygen atoms in total. The largest absolute Gasteiger partial charge is 0.481 e. The van der Waals surface area contributed by atoms with Crippen LogP contribution in [0.2, 0.25) is 0 Å². The summed E-state index contributed by atoms with van der Waals surface area (Å²) in [5.74, 6) is -1.35. The Labute approximate surface area is 92.3 Å². The number of nitriles is 1. The van der Waals surface area contributed by atoms with E-state index in [0.29, 0.717) is 5.56 Å². The third-order valence-electron chi connectivity index (χ3n) is 2.01. The van der Waals surface area contributed by atoms with Crippen LogP contribution in [0.25, 0.3) is 0 Å². The van der Waals surface area contributed by atoms with Crippen molar-refractivity contribution in [1.82, 2.24) is 5.32 Å². The summed E-state index contributed by atoms with van der Waals surface area (Å²) in [6, 6.07) is 6.04. The van der Waals surface area contributed by atoms with Crippen molar-refractivity contribution in [2.24, 2.45) is 0 Å². The topological polar surface area (TPSA) is 73.1 Å². The second-order valence-electron chi connectivity index (χ2n) is 3.24. The van der Waals surface area contributed by atoms with E-state index < -0.39 is 11.8 Å². The van der Waals surface area contributed by atoms with Crippen molar-refractivity contribution in [1.29, 1.82) is 5.26 Å². The smallest absolute Gasteiger partial charge is 0.304 e. The van der Waals surface area contributed by atoms with Crippen molar-refractivity contribution in [2.45, 2.75) is 13.0 Å². The Morgan fingerprint density at radius 1 is 1.56 bits per heavy atom. The van der Waals surface area contributed by atoms with Crippen LogP contribution in [0.4, 0.5) is 4.39 Å². The number of benzene rings is 1. The third kappa shape index (κ3) is 3.67. The number of nitrogens with one attached hydrogen (secondary N) is 1. The van der Waals surface area contributed by atoms with Gasteiger partial charge >= 0.3 is 5.97 Å². The second kappa shape index (κ2) is 5.83. The molecule has 0 aliphatic carbocycles. The summed E-state index contributed by atoms with van der Waals surface area (Å²) >= 11 is 0. The number of carbonyl (C=O) groups is 1. The molecule has 0 aliphatic heterocycles. The first-order valence-electron chi connectivity index (χ1n) is 4.74. The second-order valence-corrected chi connectivity index (χ2v) is 3.24. The Morgan fingerprint density at radius 2 is 2.31 bits per heavy atom. The van der Waals surface area contributed by atoms with Crippen LogP contribution >= 0.6 is 0 Å². The summed E-state index contributed by atoms with van der Waals surface area (Å²) in [5, 5.41) is 19.7. The van der Waals surface area contributed by atoms with E-state index in [-0.39, 0.29) is 25.1 Å². The van der Waals surface area contributed by atoms with Gasteiger partial charge in [0.05, 0.1) is 18.1 Å². The summed E-state index contributed by atoms with van der Waals surface area (Å²) in [6.07, 6.45) is -0.00209. The number of hydrogen-bond acceptors (Lipinski definition) is 3. The molecule has 0 aliphatic rings. The van der Waals surface area contributed by atoms with Crippen LogP contribution in [0.5, 0.6) is 0 Å². The van der Waals surface area contributed by atoms with E-state index in [1.165, 1.54) is 12.1 Å². The predicted octanol–water partition coefficient (Wildman–Crippen LogP) is 1.26. The van der Waals surface area contributed by atoms with E-state index in [2.05, 4.69) is 5.32 Å². The zero-order valence-electron chi connectivity index (χ0n) is 8.53. The first kappa shape index (κ1) is 12.1. The van der Waals surface area contributed by atoms with Crippen LogP contribution in [0.3, 0.4) is 0 Å². The quantitative estimate of drug-likeness (QED) is 0.735. The highest BCUT2D eigenvalue weighted by Crippen LogP contribution is 2.09. The highest BCUT2D eigenvalue weighted by molar-refractivity contribution is 5.66. The van der Waals surface area contributed by atoms with Crippen LogP contribution in [0, 0.1) is 17.1 Å². The molecule has 1 aromatic carbocycles. The minimum atomic E-state index is -0.896. The standard InChI is InChI=1S/C11H11FN2O2/c12-10-5-8(6-13)1-2-9(10)7-14-4-3-11(15)16/h1-2,5,14H,3-4,7H2,(H,15,16). The van der Waals surface area contributed by atoms with Gasteiger partial charge in [0.1, 0.15) is 5.82 Å². The Bertz CT molecular complexity index is 426. The molecule has 2 N–H and O–H groups in total. The normalized spacial score (nSPS) is 9.75. The molecule has 0 saturated carbocycles. The molecule has 0 unspecified atom stereocenters. The van der Waals surface area contributed by atoms with Gasteiger partial charge in [-0.3, -0.25) is 4.79 Å². The third-order valence-corrected chi connectivity index (χ3v) is 2.01. The molecule has 1 rings (SSSR count). The highest BCUT2D eigenvalue weighted by Gasteiger charge is 2.03. The summed E-state index contributed by atoms with van der Waals surface area (Å²) < 4.78 is 13.3. The van der Waals surface area contributed by atoms with E-state index in [1.807, 2.05) is 6.07 Å². The zero-order chi connectivity index (χ0) is 12.0. The zero-order valence-corrected chi connectivity index (χ0v) is 8.53. The molecule has 0 radical (unpaired) electrons. The summed E-state index contributed by atoms with van der Waals surface area (Å²) in [5.41, 5.74) is 0.691. The molecular weight excluding hydrogens is 211 g/mol.